The molecule has 0 bridgehead atoms. The first-order valence-corrected chi connectivity index (χ1v) is 7.02. The van der Waals surface area contributed by atoms with E-state index < -0.39 is 0 Å². The number of benzene rings is 2. The first-order valence-electron chi connectivity index (χ1n) is 6.64. The van der Waals surface area contributed by atoms with Crippen molar-refractivity contribution in [3.05, 3.63) is 63.7 Å². The Morgan fingerprint density at radius 3 is 2.40 bits per heavy atom. The summed E-state index contributed by atoms with van der Waals surface area (Å²) in [5, 5.41) is 4.07. The van der Waals surface area contributed by atoms with Gasteiger partial charge in [-0.25, -0.2) is 0 Å². The lowest BCUT2D eigenvalue weighted by Gasteiger charge is -2.21. The van der Waals surface area contributed by atoms with E-state index in [1.807, 2.05) is 25.2 Å². The second-order valence-electron chi connectivity index (χ2n) is 4.97. The molecule has 106 valence electrons. The lowest BCUT2D eigenvalue weighted by molar-refractivity contribution is 0.414. The monoisotopic (exact) mass is 289 g/mol. The summed E-state index contributed by atoms with van der Waals surface area (Å²) in [4.78, 5) is 0. The van der Waals surface area contributed by atoms with E-state index in [0.717, 1.165) is 11.3 Å². The van der Waals surface area contributed by atoms with Gasteiger partial charge in [0.1, 0.15) is 5.75 Å². The molecule has 0 aromatic heterocycles. The lowest BCUT2D eigenvalue weighted by atomic mass is 9.93. The first kappa shape index (κ1) is 14.9. The SMILES string of the molecule is CNC(c1cc(C)ccc1C)c1ccc(OC)cc1Cl. The summed E-state index contributed by atoms with van der Waals surface area (Å²) in [6.45, 7) is 4.22. The third-order valence-corrected chi connectivity index (χ3v) is 3.88. The highest BCUT2D eigenvalue weighted by Gasteiger charge is 2.17. The maximum Gasteiger partial charge on any atom is 0.120 e. The summed E-state index contributed by atoms with van der Waals surface area (Å²) in [6.07, 6.45) is 0. The molecule has 2 aromatic carbocycles. The van der Waals surface area contributed by atoms with Gasteiger partial charge in [-0.05, 0) is 49.7 Å². The summed E-state index contributed by atoms with van der Waals surface area (Å²) < 4.78 is 5.21. The molecule has 2 nitrogen and oxygen atoms in total. The molecule has 0 aliphatic rings. The highest BCUT2D eigenvalue weighted by molar-refractivity contribution is 6.31. The van der Waals surface area contributed by atoms with Gasteiger partial charge in [-0.1, -0.05) is 41.4 Å². The number of methoxy groups -OCH3 is 1. The predicted octanol–water partition coefficient (Wildman–Crippen LogP) is 4.27. The Balaban J connectivity index is 2.49. The number of rotatable bonds is 4. The summed E-state index contributed by atoms with van der Waals surface area (Å²) in [5.74, 6) is 0.773. The Bertz CT molecular complexity index is 610. The molecule has 0 aliphatic carbocycles. The molecule has 1 N–H and O–H groups in total. The van der Waals surface area contributed by atoms with E-state index in [4.69, 9.17) is 16.3 Å². The van der Waals surface area contributed by atoms with Gasteiger partial charge in [-0.2, -0.15) is 0 Å². The largest absolute Gasteiger partial charge is 0.497 e. The van der Waals surface area contributed by atoms with Crippen LogP contribution in [-0.2, 0) is 0 Å². The summed E-state index contributed by atoms with van der Waals surface area (Å²) >= 11 is 6.40. The van der Waals surface area contributed by atoms with Crippen LogP contribution in [0.25, 0.3) is 0 Å². The molecule has 0 saturated heterocycles. The van der Waals surface area contributed by atoms with Crippen LogP contribution >= 0.6 is 11.6 Å². The molecule has 0 radical (unpaired) electrons. The van der Waals surface area contributed by atoms with Crippen molar-refractivity contribution in [1.82, 2.24) is 5.32 Å². The molecule has 1 atom stereocenters. The standard InChI is InChI=1S/C17H20ClNO/c1-11-5-6-12(2)15(9-11)17(19-3)14-8-7-13(20-4)10-16(14)18/h5-10,17,19H,1-4H3. The quantitative estimate of drug-likeness (QED) is 0.907. The predicted molar refractivity (Wildman–Crippen MR) is 84.8 cm³/mol. The first-order chi connectivity index (χ1) is 9.56. The van der Waals surface area contributed by atoms with Crippen LogP contribution in [0.2, 0.25) is 5.02 Å². The van der Waals surface area contributed by atoms with Crippen molar-refractivity contribution < 1.29 is 4.74 Å². The van der Waals surface area contributed by atoms with Gasteiger partial charge in [0.05, 0.1) is 13.2 Å². The zero-order valence-electron chi connectivity index (χ0n) is 12.3. The summed E-state index contributed by atoms with van der Waals surface area (Å²) in [6, 6.07) is 12.4. The van der Waals surface area contributed by atoms with Crippen LogP contribution in [0.3, 0.4) is 0 Å². The molecule has 3 heteroatoms. The van der Waals surface area contributed by atoms with E-state index in [1.165, 1.54) is 16.7 Å². The molecule has 1 unspecified atom stereocenters. The smallest absolute Gasteiger partial charge is 0.120 e. The number of halogens is 1. The Morgan fingerprint density at radius 1 is 1.05 bits per heavy atom. The minimum absolute atomic E-state index is 0.0771. The van der Waals surface area contributed by atoms with Crippen molar-refractivity contribution in [2.45, 2.75) is 19.9 Å². The van der Waals surface area contributed by atoms with Gasteiger partial charge in [0.2, 0.25) is 0 Å². The molecule has 0 heterocycles. The normalized spacial score (nSPS) is 12.2. The van der Waals surface area contributed by atoms with Crippen LogP contribution in [0.15, 0.2) is 36.4 Å². The molecule has 0 amide bonds. The Morgan fingerprint density at radius 2 is 1.80 bits per heavy atom. The summed E-state index contributed by atoms with van der Waals surface area (Å²) in [5.41, 5.74) is 4.81. The van der Waals surface area contributed by atoms with Crippen LogP contribution in [0, 0.1) is 13.8 Å². The van der Waals surface area contributed by atoms with E-state index in [0.29, 0.717) is 5.02 Å². The molecule has 0 fully saturated rings. The maximum absolute atomic E-state index is 6.40. The average molecular weight is 290 g/mol. The van der Waals surface area contributed by atoms with Crippen LogP contribution in [0.1, 0.15) is 28.3 Å². The van der Waals surface area contributed by atoms with Crippen LogP contribution in [0.5, 0.6) is 5.75 Å². The van der Waals surface area contributed by atoms with Gasteiger partial charge in [0, 0.05) is 5.02 Å². The van der Waals surface area contributed by atoms with Gasteiger partial charge in [-0.3, -0.25) is 0 Å². The maximum atomic E-state index is 6.40. The number of aryl methyl sites for hydroxylation is 2. The van der Waals surface area contributed by atoms with Crippen molar-refractivity contribution in [3.63, 3.8) is 0 Å². The number of ether oxygens (including phenoxy) is 1. The Labute approximate surface area is 125 Å². The molecular formula is C17H20ClNO. The van der Waals surface area contributed by atoms with E-state index in [2.05, 4.69) is 37.4 Å². The molecule has 2 aromatic rings. The fraction of sp³-hybridized carbons (Fsp3) is 0.294. The van der Waals surface area contributed by atoms with Crippen molar-refractivity contribution in [2.75, 3.05) is 14.2 Å². The third kappa shape index (κ3) is 2.97. The lowest BCUT2D eigenvalue weighted by Crippen LogP contribution is -2.19. The number of nitrogens with one attached hydrogen (secondary N) is 1. The molecule has 0 spiro atoms. The minimum Gasteiger partial charge on any atom is -0.497 e. The van der Waals surface area contributed by atoms with E-state index >= 15 is 0 Å². The minimum atomic E-state index is 0.0771. The highest BCUT2D eigenvalue weighted by Crippen LogP contribution is 2.32. The van der Waals surface area contributed by atoms with E-state index in [-0.39, 0.29) is 6.04 Å². The van der Waals surface area contributed by atoms with E-state index in [9.17, 15) is 0 Å². The Kier molecular flexibility index (Phi) is 4.69. The average Bonchev–Trinajstić information content (AvgIpc) is 2.44. The number of hydrogen-bond acceptors (Lipinski definition) is 2. The van der Waals surface area contributed by atoms with Crippen molar-refractivity contribution in [3.8, 4) is 5.75 Å². The van der Waals surface area contributed by atoms with Gasteiger partial charge < -0.3 is 10.1 Å². The van der Waals surface area contributed by atoms with Gasteiger partial charge in [0.15, 0.2) is 0 Å². The van der Waals surface area contributed by atoms with Gasteiger partial charge in [0.25, 0.3) is 0 Å². The van der Waals surface area contributed by atoms with Crippen LogP contribution in [0.4, 0.5) is 0 Å². The fourth-order valence-electron chi connectivity index (χ4n) is 2.42. The molecule has 2 rings (SSSR count). The molecule has 0 saturated carbocycles. The van der Waals surface area contributed by atoms with Gasteiger partial charge >= 0.3 is 0 Å². The van der Waals surface area contributed by atoms with Crippen LogP contribution in [-0.4, -0.2) is 14.2 Å². The highest BCUT2D eigenvalue weighted by atomic mass is 35.5. The Hall–Kier alpha value is -1.51. The van der Waals surface area contributed by atoms with Crippen molar-refractivity contribution in [1.29, 1.82) is 0 Å². The fourth-order valence-corrected chi connectivity index (χ4v) is 2.70. The zero-order valence-corrected chi connectivity index (χ0v) is 13.1. The number of hydrogen-bond donors (Lipinski definition) is 1. The molecular weight excluding hydrogens is 270 g/mol. The second-order valence-corrected chi connectivity index (χ2v) is 5.38. The third-order valence-electron chi connectivity index (χ3n) is 3.55. The van der Waals surface area contributed by atoms with Crippen molar-refractivity contribution in [2.24, 2.45) is 0 Å². The molecule has 20 heavy (non-hydrogen) atoms. The second kappa shape index (κ2) is 6.29. The van der Waals surface area contributed by atoms with Crippen LogP contribution < -0.4 is 10.1 Å². The topological polar surface area (TPSA) is 21.3 Å². The van der Waals surface area contributed by atoms with Gasteiger partial charge in [-0.15, -0.1) is 0 Å². The van der Waals surface area contributed by atoms with Crippen molar-refractivity contribution >= 4 is 11.6 Å². The summed E-state index contributed by atoms with van der Waals surface area (Å²) in [7, 11) is 3.60. The van der Waals surface area contributed by atoms with E-state index in [1.54, 1.807) is 7.11 Å². The zero-order chi connectivity index (χ0) is 14.7. The molecule has 0 aliphatic heterocycles.